The van der Waals surface area contributed by atoms with Crippen molar-refractivity contribution in [3.05, 3.63) is 51.2 Å². The molecule has 0 saturated carbocycles. The Bertz CT molecular complexity index is 636. The van der Waals surface area contributed by atoms with Gasteiger partial charge in [0, 0.05) is 12.6 Å². The smallest absolute Gasteiger partial charge is 0.348 e. The van der Waals surface area contributed by atoms with Crippen molar-refractivity contribution in [3.8, 4) is 0 Å². The van der Waals surface area contributed by atoms with Crippen LogP contribution in [0.3, 0.4) is 0 Å². The molecule has 0 fully saturated rings. The number of hydrogen-bond acceptors (Lipinski definition) is 6. The number of halogens is 1. The molecule has 8 heteroatoms. The predicted molar refractivity (Wildman–Crippen MR) is 79.3 cm³/mol. The van der Waals surface area contributed by atoms with E-state index in [2.05, 4.69) is 20.3 Å². The predicted octanol–water partition coefficient (Wildman–Crippen LogP) is 3.00. The van der Waals surface area contributed by atoms with Gasteiger partial charge in [-0.15, -0.1) is 0 Å². The van der Waals surface area contributed by atoms with E-state index in [1.54, 1.807) is 12.3 Å². The van der Waals surface area contributed by atoms with Gasteiger partial charge in [-0.05, 0) is 18.6 Å². The molecule has 0 radical (unpaired) electrons. The Kier molecular flexibility index (Phi) is 4.99. The number of rotatable bonds is 6. The minimum Gasteiger partial charge on any atom is -0.359 e. The van der Waals surface area contributed by atoms with Crippen LogP contribution in [-0.2, 0) is 13.0 Å². The van der Waals surface area contributed by atoms with E-state index in [0.717, 1.165) is 12.1 Å². The quantitative estimate of drug-likeness (QED) is 0.501. The summed E-state index contributed by atoms with van der Waals surface area (Å²) in [4.78, 5) is 22.8. The van der Waals surface area contributed by atoms with Crippen LogP contribution < -0.4 is 5.32 Å². The van der Waals surface area contributed by atoms with Crippen LogP contribution in [-0.4, -0.2) is 19.9 Å². The number of hydrogen-bond donors (Lipinski definition) is 1. The zero-order chi connectivity index (χ0) is 15.2. The van der Waals surface area contributed by atoms with E-state index in [-0.39, 0.29) is 16.7 Å². The summed E-state index contributed by atoms with van der Waals surface area (Å²) in [5, 5.41) is 13.9. The van der Waals surface area contributed by atoms with Crippen LogP contribution in [0.2, 0.25) is 5.15 Å². The van der Waals surface area contributed by atoms with Gasteiger partial charge in [0.15, 0.2) is 0 Å². The maximum Gasteiger partial charge on any atom is 0.348 e. The van der Waals surface area contributed by atoms with Crippen LogP contribution in [0.15, 0.2) is 24.4 Å². The Labute approximate surface area is 126 Å². The van der Waals surface area contributed by atoms with Crippen molar-refractivity contribution >= 4 is 23.1 Å². The van der Waals surface area contributed by atoms with E-state index in [1.807, 2.05) is 19.1 Å². The summed E-state index contributed by atoms with van der Waals surface area (Å²) in [5.74, 6) is 0.603. The molecule has 0 saturated heterocycles. The first-order valence-corrected chi connectivity index (χ1v) is 6.84. The van der Waals surface area contributed by atoms with Gasteiger partial charge < -0.3 is 5.32 Å². The van der Waals surface area contributed by atoms with E-state index in [4.69, 9.17) is 11.6 Å². The van der Waals surface area contributed by atoms with Gasteiger partial charge in [-0.25, -0.2) is 9.97 Å². The molecule has 0 atom stereocenters. The second-order valence-electron chi connectivity index (χ2n) is 4.31. The maximum absolute atomic E-state index is 11.1. The Morgan fingerprint density at radius 2 is 2.19 bits per heavy atom. The van der Waals surface area contributed by atoms with Crippen molar-refractivity contribution in [2.45, 2.75) is 26.3 Å². The molecule has 0 aliphatic rings. The van der Waals surface area contributed by atoms with Gasteiger partial charge in [-0.3, -0.25) is 15.1 Å². The largest absolute Gasteiger partial charge is 0.359 e. The lowest BCUT2D eigenvalue weighted by molar-refractivity contribution is -0.384. The van der Waals surface area contributed by atoms with Gasteiger partial charge in [0.05, 0.1) is 17.2 Å². The fraction of sp³-hybridized carbons (Fsp3) is 0.308. The van der Waals surface area contributed by atoms with Gasteiger partial charge in [-0.2, -0.15) is 0 Å². The van der Waals surface area contributed by atoms with E-state index < -0.39 is 4.92 Å². The Morgan fingerprint density at radius 3 is 2.81 bits per heavy atom. The Hall–Kier alpha value is -2.28. The van der Waals surface area contributed by atoms with Crippen LogP contribution in [0.4, 0.5) is 11.5 Å². The van der Waals surface area contributed by atoms with Gasteiger partial charge in [-0.1, -0.05) is 24.6 Å². The molecule has 7 nitrogen and oxygen atoms in total. The lowest BCUT2D eigenvalue weighted by Gasteiger charge is -2.08. The first-order valence-electron chi connectivity index (χ1n) is 6.46. The van der Waals surface area contributed by atoms with Gasteiger partial charge in [0.1, 0.15) is 5.82 Å². The molecule has 2 rings (SSSR count). The fourth-order valence-corrected chi connectivity index (χ4v) is 2.02. The second-order valence-corrected chi connectivity index (χ2v) is 4.67. The van der Waals surface area contributed by atoms with Crippen molar-refractivity contribution in [2.24, 2.45) is 0 Å². The zero-order valence-corrected chi connectivity index (χ0v) is 12.2. The lowest BCUT2D eigenvalue weighted by atomic mass is 10.3. The molecule has 110 valence electrons. The summed E-state index contributed by atoms with van der Waals surface area (Å²) in [6.45, 7) is 2.29. The van der Waals surface area contributed by atoms with Gasteiger partial charge in [0.25, 0.3) is 0 Å². The third-order valence-corrected chi connectivity index (χ3v) is 2.97. The molecule has 0 aliphatic heterocycles. The number of nitrogens with one attached hydrogen (secondary N) is 1. The lowest BCUT2D eigenvalue weighted by Crippen LogP contribution is -2.09. The summed E-state index contributed by atoms with van der Waals surface area (Å²) < 4.78 is 0. The highest BCUT2D eigenvalue weighted by atomic mass is 35.5. The molecule has 0 unspecified atom stereocenters. The highest BCUT2D eigenvalue weighted by molar-refractivity contribution is 6.31. The molecule has 0 aromatic carbocycles. The van der Waals surface area contributed by atoms with Crippen LogP contribution in [0.25, 0.3) is 0 Å². The summed E-state index contributed by atoms with van der Waals surface area (Å²) in [6, 6.07) is 5.45. The van der Waals surface area contributed by atoms with Crippen LogP contribution in [0.1, 0.15) is 24.9 Å². The topological polar surface area (TPSA) is 93.8 Å². The maximum atomic E-state index is 11.1. The molecule has 0 bridgehead atoms. The molecule has 0 spiro atoms. The highest BCUT2D eigenvalue weighted by Gasteiger charge is 2.23. The fourth-order valence-electron chi connectivity index (χ4n) is 1.77. The van der Waals surface area contributed by atoms with E-state index in [9.17, 15) is 10.1 Å². The van der Waals surface area contributed by atoms with Crippen molar-refractivity contribution in [1.29, 1.82) is 0 Å². The van der Waals surface area contributed by atoms with E-state index >= 15 is 0 Å². The first-order chi connectivity index (χ1) is 10.1. The van der Waals surface area contributed by atoms with E-state index in [1.165, 1.54) is 0 Å². The molecule has 2 aromatic heterocycles. The molecule has 2 heterocycles. The number of anilines is 1. The minimum atomic E-state index is -0.585. The number of nitro groups is 1. The third kappa shape index (κ3) is 3.85. The van der Waals surface area contributed by atoms with E-state index in [0.29, 0.717) is 18.8 Å². The SMILES string of the molecule is CCCc1nc(Cl)c([N+](=O)[O-])c(NCc2ccccn2)n1. The monoisotopic (exact) mass is 307 g/mol. The van der Waals surface area contributed by atoms with Crippen molar-refractivity contribution < 1.29 is 4.92 Å². The summed E-state index contributed by atoms with van der Waals surface area (Å²) in [5.41, 5.74) is 0.436. The summed E-state index contributed by atoms with van der Waals surface area (Å²) in [6.07, 6.45) is 3.09. The molecular weight excluding hydrogens is 294 g/mol. The molecule has 21 heavy (non-hydrogen) atoms. The Morgan fingerprint density at radius 1 is 1.38 bits per heavy atom. The molecule has 2 aromatic rings. The molecule has 0 aliphatic carbocycles. The number of aromatic nitrogens is 3. The third-order valence-electron chi connectivity index (χ3n) is 2.71. The number of pyridine rings is 1. The average molecular weight is 308 g/mol. The average Bonchev–Trinajstić information content (AvgIpc) is 2.45. The normalized spacial score (nSPS) is 10.4. The number of nitrogens with zero attached hydrogens (tertiary/aromatic N) is 4. The highest BCUT2D eigenvalue weighted by Crippen LogP contribution is 2.30. The van der Waals surface area contributed by atoms with Gasteiger partial charge >= 0.3 is 5.69 Å². The van der Waals surface area contributed by atoms with Gasteiger partial charge in [0.2, 0.25) is 11.0 Å². The second kappa shape index (κ2) is 6.94. The molecule has 0 amide bonds. The Balaban J connectivity index is 2.28. The molecular formula is C13H14ClN5O2. The summed E-state index contributed by atoms with van der Waals surface area (Å²) in [7, 11) is 0. The van der Waals surface area contributed by atoms with Crippen LogP contribution >= 0.6 is 11.6 Å². The van der Waals surface area contributed by atoms with Crippen molar-refractivity contribution in [2.75, 3.05) is 5.32 Å². The standard InChI is InChI=1S/C13H14ClN5O2/c1-2-5-10-17-12(14)11(19(20)21)13(18-10)16-8-9-6-3-4-7-15-9/h3-4,6-7H,2,5,8H2,1H3,(H,16,17,18). The molecule has 1 N–H and O–H groups in total. The first kappa shape index (κ1) is 15.1. The summed E-state index contributed by atoms with van der Waals surface area (Å²) >= 11 is 5.90. The number of aryl methyl sites for hydroxylation is 1. The zero-order valence-electron chi connectivity index (χ0n) is 11.4. The van der Waals surface area contributed by atoms with Crippen molar-refractivity contribution in [1.82, 2.24) is 15.0 Å². The minimum absolute atomic E-state index is 0.120. The van der Waals surface area contributed by atoms with Crippen molar-refractivity contribution in [3.63, 3.8) is 0 Å². The van der Waals surface area contributed by atoms with Crippen LogP contribution in [0, 0.1) is 10.1 Å². The van der Waals surface area contributed by atoms with Crippen LogP contribution in [0.5, 0.6) is 0 Å².